The van der Waals surface area contributed by atoms with E-state index in [1.807, 2.05) is 0 Å². The Hall–Kier alpha value is -1.94. The minimum absolute atomic E-state index is 0.107. The molecule has 0 amide bonds. The van der Waals surface area contributed by atoms with Crippen LogP contribution in [-0.2, 0) is 65.4 Å². The maximum atomic E-state index is 13.1. The highest BCUT2D eigenvalue weighted by molar-refractivity contribution is 7.47. The van der Waals surface area contributed by atoms with Crippen molar-refractivity contribution in [1.82, 2.24) is 0 Å². The van der Waals surface area contributed by atoms with Gasteiger partial charge in [0.2, 0.25) is 0 Å². The Morgan fingerprint density at radius 1 is 0.280 bits per heavy atom. The van der Waals surface area contributed by atoms with Gasteiger partial charge >= 0.3 is 39.5 Å². The molecule has 0 aliphatic heterocycles. The van der Waals surface area contributed by atoms with Crippen molar-refractivity contribution in [3.63, 3.8) is 0 Å². The first-order chi connectivity index (χ1) is 48.4. The summed E-state index contributed by atoms with van der Waals surface area (Å²) in [7, 11) is -9.91. The summed E-state index contributed by atoms with van der Waals surface area (Å²) < 4.78 is 68.6. The zero-order chi connectivity index (χ0) is 73.5. The summed E-state index contributed by atoms with van der Waals surface area (Å²) in [6.07, 6.45) is 62.4. The average molecular weight is 1470 g/mol. The highest BCUT2D eigenvalue weighted by Crippen LogP contribution is 2.45. The Morgan fingerprint density at radius 2 is 0.480 bits per heavy atom. The fourth-order valence-electron chi connectivity index (χ4n) is 12.5. The van der Waals surface area contributed by atoms with Crippen LogP contribution in [0.5, 0.6) is 0 Å². The number of phosphoric acid groups is 2. The monoisotopic (exact) mass is 1470 g/mol. The predicted molar refractivity (Wildman–Crippen MR) is 409 cm³/mol. The number of hydrogen-bond acceptors (Lipinski definition) is 15. The number of carbonyl (C=O) groups excluding carboxylic acids is 4. The molecule has 594 valence electrons. The molecule has 0 rings (SSSR count). The molecule has 19 heteroatoms. The molecule has 0 heterocycles. The first kappa shape index (κ1) is 98.1. The molecular formula is C81H158O17P2. The van der Waals surface area contributed by atoms with Crippen LogP contribution in [0.4, 0.5) is 0 Å². The number of esters is 4. The van der Waals surface area contributed by atoms with Crippen LogP contribution in [0.1, 0.15) is 427 Å². The molecular weight excluding hydrogens is 1310 g/mol. The Kier molecular flexibility index (Phi) is 71.2. The largest absolute Gasteiger partial charge is 0.472 e. The fraction of sp³-hybridized carbons (Fsp3) is 0.951. The standard InChI is InChI=1S/C81H158O17P2/c1-7-11-13-15-17-19-32-41-47-53-59-65-80(85)97-76(69-91-78(83)63-57-51-45-37-18-16-14-12-8-2)71-95-99(87,88)93-67-75(82)68-94-100(89,90)96-72-77(70-92-79(84)64-58-52-46-40-35-30-27-26-29-34-39-44-50-56-62-74(6)10-4)98-81(86)66-60-54-48-42-36-31-25-23-21-20-22-24-28-33-38-43-49-55-61-73(5)9-3/h73-77,82H,7-72H2,1-6H3,(H,87,88)(H,89,90)/t73?,74?,75-,76+,77+/m0/s1. The smallest absolute Gasteiger partial charge is 0.462 e. The van der Waals surface area contributed by atoms with Gasteiger partial charge in [0.25, 0.3) is 0 Å². The van der Waals surface area contributed by atoms with Crippen LogP contribution >= 0.6 is 15.6 Å². The third kappa shape index (κ3) is 71.7. The van der Waals surface area contributed by atoms with Gasteiger partial charge in [-0.2, -0.15) is 0 Å². The lowest BCUT2D eigenvalue weighted by Crippen LogP contribution is -2.30. The van der Waals surface area contributed by atoms with E-state index in [-0.39, 0.29) is 25.7 Å². The molecule has 0 bridgehead atoms. The van der Waals surface area contributed by atoms with E-state index in [0.717, 1.165) is 102 Å². The Morgan fingerprint density at radius 3 is 0.710 bits per heavy atom. The molecule has 7 atom stereocenters. The Labute approximate surface area is 613 Å². The molecule has 0 aromatic rings. The van der Waals surface area contributed by atoms with Crippen molar-refractivity contribution in [3.8, 4) is 0 Å². The van der Waals surface area contributed by atoms with Crippen molar-refractivity contribution in [2.24, 2.45) is 11.8 Å². The van der Waals surface area contributed by atoms with E-state index in [1.54, 1.807) is 0 Å². The van der Waals surface area contributed by atoms with Gasteiger partial charge in [-0.1, -0.05) is 375 Å². The van der Waals surface area contributed by atoms with Gasteiger partial charge in [-0.15, -0.1) is 0 Å². The zero-order valence-electron chi connectivity index (χ0n) is 65.5. The Balaban J connectivity index is 5.19. The van der Waals surface area contributed by atoms with Gasteiger partial charge in [0.15, 0.2) is 12.2 Å². The quantitative estimate of drug-likeness (QED) is 0.0222. The average Bonchev–Trinajstić information content (AvgIpc) is 0.924. The van der Waals surface area contributed by atoms with Gasteiger partial charge in [-0.05, 0) is 37.5 Å². The van der Waals surface area contributed by atoms with E-state index >= 15 is 0 Å². The van der Waals surface area contributed by atoms with Crippen molar-refractivity contribution in [2.45, 2.75) is 445 Å². The van der Waals surface area contributed by atoms with E-state index in [4.69, 9.17) is 37.0 Å². The zero-order valence-corrected chi connectivity index (χ0v) is 67.3. The van der Waals surface area contributed by atoms with Gasteiger partial charge < -0.3 is 33.8 Å². The number of aliphatic hydroxyl groups is 1. The molecule has 0 aliphatic carbocycles. The lowest BCUT2D eigenvalue weighted by atomic mass is 9.99. The highest BCUT2D eigenvalue weighted by atomic mass is 31.2. The molecule has 0 aliphatic rings. The third-order valence-corrected chi connectivity index (χ3v) is 21.6. The summed E-state index contributed by atoms with van der Waals surface area (Å²) >= 11 is 0. The maximum Gasteiger partial charge on any atom is 0.472 e. The molecule has 4 unspecified atom stereocenters. The van der Waals surface area contributed by atoms with Crippen molar-refractivity contribution in [2.75, 3.05) is 39.6 Å². The molecule has 0 aromatic heterocycles. The van der Waals surface area contributed by atoms with E-state index in [1.165, 1.54) is 244 Å². The molecule has 0 spiro atoms. The third-order valence-electron chi connectivity index (χ3n) is 19.7. The normalized spacial score (nSPS) is 14.4. The number of carbonyl (C=O) groups is 4. The SMILES string of the molecule is CCCCCCCCCCCCCC(=O)O[C@H](COC(=O)CCCCCCCCCCC)COP(=O)(O)OC[C@H](O)COP(=O)(O)OC[C@@H](COC(=O)CCCCCCCCCCCCCCCCC(C)CC)OC(=O)CCCCCCCCCCCCCCCCCCCCC(C)CC. The first-order valence-electron chi connectivity index (χ1n) is 42.1. The number of aliphatic hydroxyl groups excluding tert-OH is 1. The molecule has 0 fully saturated rings. The summed E-state index contributed by atoms with van der Waals surface area (Å²) in [6.45, 7) is 9.73. The summed E-state index contributed by atoms with van der Waals surface area (Å²) in [5.41, 5.74) is 0. The van der Waals surface area contributed by atoms with Gasteiger partial charge in [0.1, 0.15) is 19.3 Å². The molecule has 3 N–H and O–H groups in total. The van der Waals surface area contributed by atoms with Crippen molar-refractivity contribution in [3.05, 3.63) is 0 Å². The molecule has 17 nitrogen and oxygen atoms in total. The van der Waals surface area contributed by atoms with Crippen molar-refractivity contribution < 1.29 is 80.2 Å². The number of unbranched alkanes of at least 4 members (excludes halogenated alkanes) is 48. The summed E-state index contributed by atoms with van der Waals surface area (Å²) in [4.78, 5) is 72.9. The first-order valence-corrected chi connectivity index (χ1v) is 45.1. The van der Waals surface area contributed by atoms with Crippen molar-refractivity contribution >= 4 is 39.5 Å². The van der Waals surface area contributed by atoms with E-state index in [0.29, 0.717) is 25.7 Å². The van der Waals surface area contributed by atoms with Crippen LogP contribution in [-0.4, -0.2) is 96.7 Å². The summed E-state index contributed by atoms with van der Waals surface area (Å²) in [5, 5.41) is 10.6. The minimum atomic E-state index is -4.96. The van der Waals surface area contributed by atoms with Gasteiger partial charge in [-0.25, -0.2) is 9.13 Å². The van der Waals surface area contributed by atoms with Crippen LogP contribution in [0.25, 0.3) is 0 Å². The minimum Gasteiger partial charge on any atom is -0.462 e. The van der Waals surface area contributed by atoms with Crippen LogP contribution in [0, 0.1) is 11.8 Å². The number of phosphoric ester groups is 2. The highest BCUT2D eigenvalue weighted by Gasteiger charge is 2.30. The van der Waals surface area contributed by atoms with E-state index < -0.39 is 97.5 Å². The topological polar surface area (TPSA) is 237 Å². The summed E-state index contributed by atoms with van der Waals surface area (Å²) in [6, 6.07) is 0. The van der Waals surface area contributed by atoms with Crippen LogP contribution in [0.3, 0.4) is 0 Å². The van der Waals surface area contributed by atoms with Gasteiger partial charge in [0, 0.05) is 25.7 Å². The van der Waals surface area contributed by atoms with Crippen LogP contribution in [0.15, 0.2) is 0 Å². The predicted octanol–water partition coefficient (Wildman–Crippen LogP) is 24.3. The molecule has 0 saturated carbocycles. The Bertz CT molecular complexity index is 1930. The fourth-order valence-corrected chi connectivity index (χ4v) is 14.1. The van der Waals surface area contributed by atoms with Crippen molar-refractivity contribution in [1.29, 1.82) is 0 Å². The second kappa shape index (κ2) is 72.6. The number of rotatable bonds is 80. The van der Waals surface area contributed by atoms with Gasteiger partial charge in [-0.3, -0.25) is 37.3 Å². The molecule has 0 aromatic carbocycles. The molecule has 0 radical (unpaired) electrons. The number of hydrogen-bond donors (Lipinski definition) is 3. The lowest BCUT2D eigenvalue weighted by molar-refractivity contribution is -0.161. The second-order valence-electron chi connectivity index (χ2n) is 29.6. The summed E-state index contributed by atoms with van der Waals surface area (Å²) in [5.74, 6) is -0.389. The molecule has 0 saturated heterocycles. The van der Waals surface area contributed by atoms with Crippen LogP contribution < -0.4 is 0 Å². The van der Waals surface area contributed by atoms with E-state index in [2.05, 4.69) is 41.5 Å². The van der Waals surface area contributed by atoms with Crippen LogP contribution in [0.2, 0.25) is 0 Å². The number of ether oxygens (including phenoxy) is 4. The lowest BCUT2D eigenvalue weighted by Gasteiger charge is -2.21. The second-order valence-corrected chi connectivity index (χ2v) is 32.6. The maximum absolute atomic E-state index is 13.1. The van der Waals surface area contributed by atoms with E-state index in [9.17, 15) is 43.2 Å². The molecule has 100 heavy (non-hydrogen) atoms. The van der Waals surface area contributed by atoms with Gasteiger partial charge in [0.05, 0.1) is 26.4 Å².